The summed E-state index contributed by atoms with van der Waals surface area (Å²) < 4.78 is 0. The van der Waals surface area contributed by atoms with Gasteiger partial charge in [-0.2, -0.15) is 0 Å². The fourth-order valence-electron chi connectivity index (χ4n) is 3.40. The third-order valence-corrected chi connectivity index (χ3v) is 4.88. The van der Waals surface area contributed by atoms with Gasteiger partial charge in [0.1, 0.15) is 0 Å². The van der Waals surface area contributed by atoms with Crippen LogP contribution in [0.25, 0.3) is 0 Å². The molecule has 0 fully saturated rings. The van der Waals surface area contributed by atoms with E-state index in [-0.39, 0.29) is 11.3 Å². The minimum Gasteiger partial charge on any atom is -0.387 e. The number of amides is 3. The van der Waals surface area contributed by atoms with Crippen LogP contribution in [0.5, 0.6) is 0 Å². The van der Waals surface area contributed by atoms with E-state index in [0.29, 0.717) is 28.2 Å². The van der Waals surface area contributed by atoms with E-state index in [2.05, 4.69) is 10.6 Å². The zero-order chi connectivity index (χ0) is 22.1. The van der Waals surface area contributed by atoms with Crippen molar-refractivity contribution < 1.29 is 19.3 Å². The molecule has 9 nitrogen and oxygen atoms in total. The first-order valence-electron chi connectivity index (χ1n) is 9.26. The number of anilines is 3. The molecule has 0 saturated carbocycles. The number of hydrogen-bond acceptors (Lipinski definition) is 6. The van der Waals surface area contributed by atoms with Crippen molar-refractivity contribution in [1.82, 2.24) is 0 Å². The van der Waals surface area contributed by atoms with Crippen LogP contribution in [-0.4, -0.2) is 29.7 Å². The second-order valence-corrected chi connectivity index (χ2v) is 6.73. The highest BCUT2D eigenvalue weighted by atomic mass is 16.6. The molecule has 31 heavy (non-hydrogen) atoms. The Bertz CT molecular complexity index is 1220. The molecule has 4 rings (SSSR count). The summed E-state index contributed by atoms with van der Waals surface area (Å²) in [5.74, 6) is -1.46. The number of nitrogens with zero attached hydrogens (tertiary/aromatic N) is 2. The van der Waals surface area contributed by atoms with Gasteiger partial charge >= 0.3 is 0 Å². The Labute approximate surface area is 176 Å². The Kier molecular flexibility index (Phi) is 4.92. The molecule has 0 unspecified atom stereocenters. The van der Waals surface area contributed by atoms with Crippen LogP contribution in [0.3, 0.4) is 0 Å². The van der Waals surface area contributed by atoms with E-state index in [9.17, 15) is 24.5 Å². The topological polar surface area (TPSA) is 122 Å². The van der Waals surface area contributed by atoms with Gasteiger partial charge in [0.25, 0.3) is 23.4 Å². The maximum Gasteiger partial charge on any atom is 0.270 e. The summed E-state index contributed by atoms with van der Waals surface area (Å²) in [4.78, 5) is 49.7. The molecule has 0 radical (unpaired) electrons. The quantitative estimate of drug-likeness (QED) is 0.372. The number of nitro benzene ring substituents is 1. The van der Waals surface area contributed by atoms with Crippen LogP contribution in [0, 0.1) is 10.1 Å². The van der Waals surface area contributed by atoms with Crippen LogP contribution in [0.4, 0.5) is 22.7 Å². The smallest absolute Gasteiger partial charge is 0.270 e. The van der Waals surface area contributed by atoms with E-state index in [0.717, 1.165) is 4.90 Å². The first-order valence-corrected chi connectivity index (χ1v) is 9.26. The van der Waals surface area contributed by atoms with Gasteiger partial charge in [-0.3, -0.25) is 24.5 Å². The number of rotatable bonds is 5. The molecule has 0 atom stereocenters. The van der Waals surface area contributed by atoms with Gasteiger partial charge in [0.15, 0.2) is 0 Å². The molecule has 2 N–H and O–H groups in total. The van der Waals surface area contributed by atoms with Crippen molar-refractivity contribution >= 4 is 40.5 Å². The number of benzene rings is 3. The molecule has 0 spiro atoms. The molecule has 1 aliphatic rings. The predicted octanol–water partition coefficient (Wildman–Crippen LogP) is 3.69. The van der Waals surface area contributed by atoms with Crippen molar-refractivity contribution in [2.75, 3.05) is 22.6 Å². The van der Waals surface area contributed by atoms with E-state index in [4.69, 9.17) is 0 Å². The number of nitrogens with one attached hydrogen (secondary N) is 2. The van der Waals surface area contributed by atoms with Gasteiger partial charge in [0, 0.05) is 30.6 Å². The monoisotopic (exact) mass is 416 g/mol. The van der Waals surface area contributed by atoms with Gasteiger partial charge in [-0.25, -0.2) is 4.90 Å². The highest BCUT2D eigenvalue weighted by Gasteiger charge is 2.36. The molecule has 3 aromatic carbocycles. The Hall–Kier alpha value is -4.53. The number of carbonyl (C=O) groups is 3. The van der Waals surface area contributed by atoms with Crippen molar-refractivity contribution in [3.05, 3.63) is 93.5 Å². The molecule has 0 aliphatic carbocycles. The molecular formula is C22H16N4O5. The number of non-ortho nitro benzene ring substituents is 1. The van der Waals surface area contributed by atoms with Crippen molar-refractivity contribution in [2.24, 2.45) is 0 Å². The van der Waals surface area contributed by atoms with Gasteiger partial charge in [0.05, 0.1) is 27.3 Å². The van der Waals surface area contributed by atoms with Crippen molar-refractivity contribution in [3.8, 4) is 0 Å². The first-order chi connectivity index (χ1) is 14.9. The number of hydrogen-bond donors (Lipinski definition) is 2. The summed E-state index contributed by atoms with van der Waals surface area (Å²) in [7, 11) is 1.60. The van der Waals surface area contributed by atoms with Crippen molar-refractivity contribution in [1.29, 1.82) is 0 Å². The van der Waals surface area contributed by atoms with Gasteiger partial charge in [-0.1, -0.05) is 18.2 Å². The zero-order valence-electron chi connectivity index (χ0n) is 16.3. The maximum atomic E-state index is 12.8. The Morgan fingerprint density at radius 1 is 0.935 bits per heavy atom. The summed E-state index contributed by atoms with van der Waals surface area (Å²) in [6.07, 6.45) is 0. The van der Waals surface area contributed by atoms with Crippen LogP contribution in [0.15, 0.2) is 66.7 Å². The molecule has 1 heterocycles. The largest absolute Gasteiger partial charge is 0.387 e. The van der Waals surface area contributed by atoms with Gasteiger partial charge in [-0.05, 0) is 36.4 Å². The van der Waals surface area contributed by atoms with Crippen LogP contribution >= 0.6 is 0 Å². The minimum absolute atomic E-state index is 0.0860. The molecule has 3 amide bonds. The van der Waals surface area contributed by atoms with Crippen molar-refractivity contribution in [2.45, 2.75) is 0 Å². The normalized spacial score (nSPS) is 12.5. The lowest BCUT2D eigenvalue weighted by atomic mass is 10.1. The molecule has 0 aromatic heterocycles. The minimum atomic E-state index is -0.584. The predicted molar refractivity (Wildman–Crippen MR) is 115 cm³/mol. The second kappa shape index (κ2) is 7.71. The molecule has 3 aromatic rings. The molecule has 0 saturated heterocycles. The van der Waals surface area contributed by atoms with E-state index in [1.165, 1.54) is 24.3 Å². The van der Waals surface area contributed by atoms with Crippen LogP contribution < -0.4 is 15.5 Å². The fraction of sp³-hybridized carbons (Fsp3) is 0.0455. The van der Waals surface area contributed by atoms with E-state index >= 15 is 0 Å². The Morgan fingerprint density at radius 2 is 1.61 bits per heavy atom. The highest BCUT2D eigenvalue weighted by Crippen LogP contribution is 2.30. The third kappa shape index (κ3) is 3.48. The van der Waals surface area contributed by atoms with Gasteiger partial charge in [0.2, 0.25) is 0 Å². The average Bonchev–Trinajstić information content (AvgIpc) is 3.03. The van der Waals surface area contributed by atoms with Gasteiger partial charge in [-0.15, -0.1) is 0 Å². The summed E-state index contributed by atoms with van der Waals surface area (Å²) >= 11 is 0. The van der Waals surface area contributed by atoms with Crippen LogP contribution in [0.1, 0.15) is 31.1 Å². The lowest BCUT2D eigenvalue weighted by molar-refractivity contribution is -0.384. The van der Waals surface area contributed by atoms with E-state index in [1.54, 1.807) is 49.5 Å². The Morgan fingerprint density at radius 3 is 2.23 bits per heavy atom. The summed E-state index contributed by atoms with van der Waals surface area (Å²) in [6, 6.07) is 16.7. The number of imide groups is 1. The highest BCUT2D eigenvalue weighted by molar-refractivity contribution is 6.34. The zero-order valence-corrected chi connectivity index (χ0v) is 16.3. The number of nitro groups is 1. The molecule has 1 aliphatic heterocycles. The van der Waals surface area contributed by atoms with Crippen molar-refractivity contribution in [3.63, 3.8) is 0 Å². The third-order valence-electron chi connectivity index (χ3n) is 4.88. The first kappa shape index (κ1) is 19.8. The Balaban J connectivity index is 1.63. The number of carbonyl (C=O) groups excluding carboxylic acids is 3. The molecule has 0 bridgehead atoms. The number of fused-ring (bicyclic) bond motifs is 1. The van der Waals surface area contributed by atoms with Crippen LogP contribution in [-0.2, 0) is 0 Å². The van der Waals surface area contributed by atoms with Crippen LogP contribution in [0.2, 0.25) is 0 Å². The summed E-state index contributed by atoms with van der Waals surface area (Å²) in [5.41, 5.74) is 1.55. The second-order valence-electron chi connectivity index (χ2n) is 6.73. The molecule has 154 valence electrons. The molecular weight excluding hydrogens is 400 g/mol. The lowest BCUT2D eigenvalue weighted by Gasteiger charge is -2.16. The summed E-state index contributed by atoms with van der Waals surface area (Å²) in [6.45, 7) is 0. The van der Waals surface area contributed by atoms with E-state index in [1.807, 2.05) is 0 Å². The van der Waals surface area contributed by atoms with Gasteiger partial charge < -0.3 is 10.6 Å². The lowest BCUT2D eigenvalue weighted by Crippen LogP contribution is -2.29. The van der Waals surface area contributed by atoms with E-state index < -0.39 is 22.6 Å². The SMILES string of the molecule is CNc1ccc([N+](=O)[O-])cc1C(=O)Nc1cccc(N2C(=O)c3ccccc3C2=O)c1. The standard InChI is InChI=1S/C22H16N4O5/c1-23-19-10-9-15(26(30)31)12-18(19)20(27)24-13-5-4-6-14(11-13)25-21(28)16-7-2-3-8-17(16)22(25)29/h2-12,23H,1H3,(H,24,27). The maximum absolute atomic E-state index is 12.8. The molecule has 9 heteroatoms. The fourth-order valence-corrected chi connectivity index (χ4v) is 3.40. The average molecular weight is 416 g/mol. The summed E-state index contributed by atoms with van der Waals surface area (Å²) in [5, 5.41) is 16.6.